The molecule has 0 bridgehead atoms. The van der Waals surface area contributed by atoms with Crippen LogP contribution >= 0.6 is 34.4 Å². The summed E-state index contributed by atoms with van der Waals surface area (Å²) in [7, 11) is 0. The average Bonchev–Trinajstić information content (AvgIpc) is 2.61. The molecular weight excluding hydrogens is 317 g/mol. The Kier molecular flexibility index (Phi) is 2.64. The normalized spacial score (nSPS) is 19.1. The maximum atomic E-state index is 11.1. The first-order chi connectivity index (χ1) is 6.65. The third-order valence-electron chi connectivity index (χ3n) is 1.51. The van der Waals surface area contributed by atoms with Crippen molar-refractivity contribution in [2.24, 2.45) is 0 Å². The summed E-state index contributed by atoms with van der Waals surface area (Å²) < 4.78 is 5.97. The molecule has 4 nitrogen and oxygen atoms in total. The van der Waals surface area contributed by atoms with Crippen LogP contribution in [0.2, 0.25) is 0 Å². The molecule has 0 radical (unpaired) electrons. The molecule has 2 heterocycles. The number of thioether (sulfide) groups is 1. The predicted molar refractivity (Wildman–Crippen MR) is 60.5 cm³/mol. The van der Waals surface area contributed by atoms with Gasteiger partial charge in [-0.3, -0.25) is 14.9 Å². The number of imide groups is 1. The van der Waals surface area contributed by atoms with Crippen molar-refractivity contribution in [2.75, 3.05) is 0 Å². The van der Waals surface area contributed by atoms with Crippen LogP contribution in [0.15, 0.2) is 21.5 Å². The van der Waals surface area contributed by atoms with Crippen molar-refractivity contribution in [2.45, 2.75) is 0 Å². The third-order valence-corrected chi connectivity index (χ3v) is 2.90. The topological polar surface area (TPSA) is 59.3 Å². The van der Waals surface area contributed by atoms with Crippen molar-refractivity contribution in [1.29, 1.82) is 0 Å². The molecule has 1 aromatic rings. The molecule has 0 spiro atoms. The molecule has 1 aliphatic heterocycles. The summed E-state index contributed by atoms with van der Waals surface area (Å²) in [4.78, 5) is 22.3. The van der Waals surface area contributed by atoms with Crippen LogP contribution < -0.4 is 5.32 Å². The molecule has 1 N–H and O–H groups in total. The van der Waals surface area contributed by atoms with E-state index >= 15 is 0 Å². The summed E-state index contributed by atoms with van der Waals surface area (Å²) in [5, 5.41) is 1.82. The molecule has 1 aliphatic rings. The molecule has 2 rings (SSSR count). The number of carbonyl (C=O) groups excluding carboxylic acids is 2. The van der Waals surface area contributed by atoms with Crippen LogP contribution in [0, 0.1) is 3.77 Å². The molecule has 0 aliphatic carbocycles. The fourth-order valence-corrected chi connectivity index (χ4v) is 2.05. The maximum absolute atomic E-state index is 11.1. The molecule has 2 amide bonds. The quantitative estimate of drug-likeness (QED) is 0.636. The number of rotatable bonds is 1. The Labute approximate surface area is 97.2 Å². The Bertz CT molecular complexity index is 438. The lowest BCUT2D eigenvalue weighted by atomic mass is 10.4. The number of halogens is 1. The SMILES string of the molecule is O=C1NC(=O)/C(=C\c2ccc(I)o2)S1. The van der Waals surface area contributed by atoms with Crippen molar-refractivity contribution in [3.05, 3.63) is 26.6 Å². The number of amides is 2. The van der Waals surface area contributed by atoms with Gasteiger partial charge in [0, 0.05) is 6.08 Å². The molecule has 6 heteroatoms. The van der Waals surface area contributed by atoms with Crippen LogP contribution in [0.5, 0.6) is 0 Å². The van der Waals surface area contributed by atoms with E-state index in [-0.39, 0.29) is 11.1 Å². The molecule has 1 fully saturated rings. The van der Waals surface area contributed by atoms with Gasteiger partial charge in [0.05, 0.1) is 4.91 Å². The highest BCUT2D eigenvalue weighted by Crippen LogP contribution is 2.26. The first-order valence-corrected chi connectivity index (χ1v) is 5.55. The van der Waals surface area contributed by atoms with Crippen molar-refractivity contribution in [3.8, 4) is 0 Å². The monoisotopic (exact) mass is 321 g/mol. The van der Waals surface area contributed by atoms with E-state index in [4.69, 9.17) is 4.42 Å². The smallest absolute Gasteiger partial charge is 0.290 e. The molecule has 1 aromatic heterocycles. The molecule has 0 unspecified atom stereocenters. The van der Waals surface area contributed by atoms with Gasteiger partial charge in [0.2, 0.25) is 0 Å². The molecule has 0 atom stereocenters. The maximum Gasteiger partial charge on any atom is 0.290 e. The summed E-state index contributed by atoms with van der Waals surface area (Å²) >= 11 is 2.90. The number of furan rings is 1. The fraction of sp³-hybridized carbons (Fsp3) is 0. The molecule has 0 saturated carbocycles. The second-order valence-corrected chi connectivity index (χ2v) is 4.57. The zero-order chi connectivity index (χ0) is 10.1. The Hall–Kier alpha value is -0.760. The Morgan fingerprint density at radius 1 is 1.43 bits per heavy atom. The fourth-order valence-electron chi connectivity index (χ4n) is 0.956. The predicted octanol–water partition coefficient (Wildman–Crippen LogP) is 2.21. The van der Waals surface area contributed by atoms with E-state index < -0.39 is 0 Å². The first-order valence-electron chi connectivity index (χ1n) is 3.65. The summed E-state index contributed by atoms with van der Waals surface area (Å²) in [6.07, 6.45) is 1.55. The van der Waals surface area contributed by atoms with E-state index in [1.165, 1.54) is 0 Å². The zero-order valence-corrected chi connectivity index (χ0v) is 9.72. The summed E-state index contributed by atoms with van der Waals surface area (Å²) in [6.45, 7) is 0. The number of carbonyl (C=O) groups is 2. The molecular formula is C8H4INO3S. The van der Waals surface area contributed by atoms with Crippen molar-refractivity contribution in [1.82, 2.24) is 5.32 Å². The van der Waals surface area contributed by atoms with Crippen LogP contribution in [0.4, 0.5) is 4.79 Å². The van der Waals surface area contributed by atoms with Crippen LogP contribution in [0.1, 0.15) is 5.76 Å². The number of hydrogen-bond donors (Lipinski definition) is 1. The third kappa shape index (κ3) is 2.01. The lowest BCUT2D eigenvalue weighted by Gasteiger charge is -1.88. The minimum absolute atomic E-state index is 0.345. The van der Waals surface area contributed by atoms with Gasteiger partial charge < -0.3 is 4.42 Å². The Morgan fingerprint density at radius 2 is 2.21 bits per heavy atom. The Morgan fingerprint density at radius 3 is 2.71 bits per heavy atom. The van der Waals surface area contributed by atoms with Gasteiger partial charge in [0.1, 0.15) is 5.76 Å². The molecule has 0 aromatic carbocycles. The van der Waals surface area contributed by atoms with Gasteiger partial charge in [-0.25, -0.2) is 0 Å². The van der Waals surface area contributed by atoms with Gasteiger partial charge in [-0.2, -0.15) is 0 Å². The van der Waals surface area contributed by atoms with E-state index in [1.54, 1.807) is 18.2 Å². The summed E-state index contributed by atoms with van der Waals surface area (Å²) in [6, 6.07) is 3.53. The second-order valence-electron chi connectivity index (χ2n) is 2.49. The molecule has 1 saturated heterocycles. The minimum atomic E-state index is -0.369. The lowest BCUT2D eigenvalue weighted by Crippen LogP contribution is -2.17. The van der Waals surface area contributed by atoms with E-state index in [1.807, 2.05) is 22.6 Å². The van der Waals surface area contributed by atoms with Gasteiger partial charge in [0.25, 0.3) is 11.1 Å². The van der Waals surface area contributed by atoms with Gasteiger partial charge in [-0.1, -0.05) is 0 Å². The van der Waals surface area contributed by atoms with Crippen molar-refractivity contribution < 1.29 is 14.0 Å². The van der Waals surface area contributed by atoms with Crippen LogP contribution in [-0.2, 0) is 4.79 Å². The second kappa shape index (κ2) is 3.77. The van der Waals surface area contributed by atoms with Gasteiger partial charge in [0.15, 0.2) is 3.77 Å². The van der Waals surface area contributed by atoms with E-state index in [0.29, 0.717) is 10.7 Å². The number of nitrogens with one attached hydrogen (secondary N) is 1. The highest BCUT2D eigenvalue weighted by molar-refractivity contribution is 14.1. The van der Waals surface area contributed by atoms with Crippen molar-refractivity contribution >= 4 is 51.6 Å². The van der Waals surface area contributed by atoms with Crippen molar-refractivity contribution in [3.63, 3.8) is 0 Å². The average molecular weight is 321 g/mol. The zero-order valence-electron chi connectivity index (χ0n) is 6.74. The van der Waals surface area contributed by atoms with E-state index in [9.17, 15) is 9.59 Å². The lowest BCUT2D eigenvalue weighted by molar-refractivity contribution is -0.115. The van der Waals surface area contributed by atoms with Crippen LogP contribution in [0.3, 0.4) is 0 Å². The van der Waals surface area contributed by atoms with E-state index in [0.717, 1.165) is 15.5 Å². The largest absolute Gasteiger partial charge is 0.451 e. The van der Waals surface area contributed by atoms with Gasteiger partial charge in [-0.05, 0) is 46.5 Å². The molecule has 72 valence electrons. The summed E-state index contributed by atoms with van der Waals surface area (Å²) in [5.41, 5.74) is 0. The minimum Gasteiger partial charge on any atom is -0.451 e. The standard InChI is InChI=1S/C8H4INO3S/c9-6-2-1-4(13-6)3-5-7(11)10-8(12)14-5/h1-3H,(H,10,11,12)/b5-3+. The van der Waals surface area contributed by atoms with Crippen LogP contribution in [-0.4, -0.2) is 11.1 Å². The Balaban J connectivity index is 2.27. The van der Waals surface area contributed by atoms with Gasteiger partial charge in [-0.15, -0.1) is 0 Å². The van der Waals surface area contributed by atoms with Gasteiger partial charge >= 0.3 is 0 Å². The number of hydrogen-bond acceptors (Lipinski definition) is 4. The molecule has 14 heavy (non-hydrogen) atoms. The van der Waals surface area contributed by atoms with E-state index in [2.05, 4.69) is 5.32 Å². The summed E-state index contributed by atoms with van der Waals surface area (Å²) in [5.74, 6) is 0.202. The highest BCUT2D eigenvalue weighted by atomic mass is 127. The first kappa shape index (κ1) is 9.78. The highest BCUT2D eigenvalue weighted by Gasteiger charge is 2.25. The van der Waals surface area contributed by atoms with Crippen LogP contribution in [0.25, 0.3) is 6.08 Å².